The number of hydrogen-bond donors (Lipinski definition) is 0. The van der Waals surface area contributed by atoms with Gasteiger partial charge >= 0.3 is 0 Å². The summed E-state index contributed by atoms with van der Waals surface area (Å²) in [6.45, 7) is 9.07. The highest BCUT2D eigenvalue weighted by Gasteiger charge is 2.34. The molecule has 2 fully saturated rings. The van der Waals surface area contributed by atoms with Gasteiger partial charge in [-0.2, -0.15) is 0 Å². The molecule has 0 aromatic heterocycles. The molecule has 0 aromatic carbocycles. The number of sulfone groups is 1. The second-order valence-corrected chi connectivity index (χ2v) is 9.28. The van der Waals surface area contributed by atoms with Gasteiger partial charge in [-0.05, 0) is 18.8 Å². The Hall–Kier alpha value is -0.660. The van der Waals surface area contributed by atoms with Crippen molar-refractivity contribution < 1.29 is 17.9 Å². The van der Waals surface area contributed by atoms with Crippen LogP contribution in [0.5, 0.6) is 0 Å². The maximum atomic E-state index is 12.5. The Morgan fingerprint density at radius 3 is 2.57 bits per heavy atom. The van der Waals surface area contributed by atoms with Gasteiger partial charge < -0.3 is 9.64 Å². The topological polar surface area (TPSA) is 66.9 Å². The maximum Gasteiger partial charge on any atom is 0.223 e. The van der Waals surface area contributed by atoms with Crippen molar-refractivity contribution in [2.45, 2.75) is 39.2 Å². The molecule has 2 heterocycles. The van der Waals surface area contributed by atoms with E-state index in [1.807, 2.05) is 18.7 Å². The Bertz CT molecular complexity index is 486. The molecule has 0 N–H and O–H groups in total. The molecule has 2 aliphatic heterocycles. The van der Waals surface area contributed by atoms with Crippen molar-refractivity contribution in [3.8, 4) is 0 Å². The van der Waals surface area contributed by atoms with Crippen LogP contribution in [-0.2, 0) is 19.4 Å². The fourth-order valence-electron chi connectivity index (χ4n) is 3.29. The molecule has 0 bridgehead atoms. The molecular formula is C16H30N2O4S. The lowest BCUT2D eigenvalue weighted by atomic mass is 10.1. The van der Waals surface area contributed by atoms with E-state index in [0.29, 0.717) is 25.3 Å². The lowest BCUT2D eigenvalue weighted by Crippen LogP contribution is -2.44. The van der Waals surface area contributed by atoms with Gasteiger partial charge in [-0.3, -0.25) is 9.69 Å². The summed E-state index contributed by atoms with van der Waals surface area (Å²) in [6.07, 6.45) is 1.97. The van der Waals surface area contributed by atoms with Crippen LogP contribution < -0.4 is 0 Å². The number of amides is 1. The highest BCUT2D eigenvalue weighted by Crippen LogP contribution is 2.20. The van der Waals surface area contributed by atoms with Crippen LogP contribution in [0.4, 0.5) is 0 Å². The SMILES string of the molecule is CC(C)CC(=O)N(CCCN1CCOCC1)[C@H]1CCS(=O)(=O)C1. The molecule has 0 aliphatic carbocycles. The number of ether oxygens (including phenoxy) is 1. The number of carbonyl (C=O) groups excluding carboxylic acids is 1. The van der Waals surface area contributed by atoms with Gasteiger partial charge in [0.1, 0.15) is 0 Å². The van der Waals surface area contributed by atoms with Crippen LogP contribution in [0.15, 0.2) is 0 Å². The number of carbonyl (C=O) groups is 1. The van der Waals surface area contributed by atoms with E-state index in [-0.39, 0.29) is 23.5 Å². The van der Waals surface area contributed by atoms with Gasteiger partial charge in [-0.25, -0.2) is 8.42 Å². The van der Waals surface area contributed by atoms with Gasteiger partial charge in [0.25, 0.3) is 0 Å². The van der Waals surface area contributed by atoms with Gasteiger partial charge in [-0.15, -0.1) is 0 Å². The molecule has 0 unspecified atom stereocenters. The number of morpholine rings is 1. The molecule has 0 radical (unpaired) electrons. The zero-order chi connectivity index (χ0) is 16.9. The number of hydrogen-bond acceptors (Lipinski definition) is 5. The van der Waals surface area contributed by atoms with Crippen LogP contribution in [0.1, 0.15) is 33.1 Å². The molecule has 0 saturated carbocycles. The summed E-state index contributed by atoms with van der Waals surface area (Å²) >= 11 is 0. The highest BCUT2D eigenvalue weighted by atomic mass is 32.2. The predicted octanol–water partition coefficient (Wildman–Crippen LogP) is 0.771. The van der Waals surface area contributed by atoms with Gasteiger partial charge in [-0.1, -0.05) is 13.8 Å². The van der Waals surface area contributed by atoms with Gasteiger partial charge in [0.15, 0.2) is 9.84 Å². The third kappa shape index (κ3) is 6.04. The molecule has 2 aliphatic rings. The Kier molecular flexibility index (Phi) is 6.85. The van der Waals surface area contributed by atoms with Crippen molar-refractivity contribution in [2.75, 3.05) is 50.9 Å². The molecule has 134 valence electrons. The molecule has 6 nitrogen and oxygen atoms in total. The zero-order valence-corrected chi connectivity index (χ0v) is 15.2. The molecule has 0 aromatic rings. The minimum Gasteiger partial charge on any atom is -0.379 e. The summed E-state index contributed by atoms with van der Waals surface area (Å²) < 4.78 is 28.8. The van der Waals surface area contributed by atoms with E-state index in [9.17, 15) is 13.2 Å². The number of rotatable bonds is 7. The maximum absolute atomic E-state index is 12.5. The van der Waals surface area contributed by atoms with E-state index < -0.39 is 9.84 Å². The van der Waals surface area contributed by atoms with E-state index >= 15 is 0 Å². The molecule has 1 amide bonds. The van der Waals surface area contributed by atoms with Crippen LogP contribution in [0, 0.1) is 5.92 Å². The van der Waals surface area contributed by atoms with Crippen LogP contribution >= 0.6 is 0 Å². The molecule has 23 heavy (non-hydrogen) atoms. The minimum atomic E-state index is -2.97. The van der Waals surface area contributed by atoms with Crippen molar-refractivity contribution in [3.05, 3.63) is 0 Å². The fourth-order valence-corrected chi connectivity index (χ4v) is 5.02. The molecule has 7 heteroatoms. The van der Waals surface area contributed by atoms with E-state index in [4.69, 9.17) is 4.74 Å². The van der Waals surface area contributed by atoms with Gasteiger partial charge in [0.05, 0.1) is 24.7 Å². The Labute approximate surface area is 140 Å². The second kappa shape index (κ2) is 8.44. The first-order valence-electron chi connectivity index (χ1n) is 8.67. The predicted molar refractivity (Wildman–Crippen MR) is 90.1 cm³/mol. The Balaban J connectivity index is 1.89. The highest BCUT2D eigenvalue weighted by molar-refractivity contribution is 7.91. The van der Waals surface area contributed by atoms with Crippen molar-refractivity contribution in [2.24, 2.45) is 5.92 Å². The van der Waals surface area contributed by atoms with E-state index in [1.165, 1.54) is 0 Å². The third-order valence-corrected chi connectivity index (χ3v) is 6.28. The van der Waals surface area contributed by atoms with Crippen LogP contribution in [-0.4, -0.2) is 81.1 Å². The Morgan fingerprint density at radius 1 is 1.30 bits per heavy atom. The Morgan fingerprint density at radius 2 is 2.00 bits per heavy atom. The summed E-state index contributed by atoms with van der Waals surface area (Å²) in [5.74, 6) is 0.743. The van der Waals surface area contributed by atoms with Gasteiger partial charge in [0, 0.05) is 38.6 Å². The lowest BCUT2D eigenvalue weighted by molar-refractivity contribution is -0.134. The second-order valence-electron chi connectivity index (χ2n) is 7.05. The van der Waals surface area contributed by atoms with Crippen molar-refractivity contribution in [1.82, 2.24) is 9.80 Å². The van der Waals surface area contributed by atoms with Crippen molar-refractivity contribution >= 4 is 15.7 Å². The summed E-state index contributed by atoms with van der Waals surface area (Å²) in [6, 6.07) is -0.129. The average Bonchev–Trinajstić information content (AvgIpc) is 2.83. The van der Waals surface area contributed by atoms with E-state index in [1.54, 1.807) is 0 Å². The molecule has 2 saturated heterocycles. The van der Waals surface area contributed by atoms with Crippen LogP contribution in [0.25, 0.3) is 0 Å². The smallest absolute Gasteiger partial charge is 0.223 e. The lowest BCUT2D eigenvalue weighted by Gasteiger charge is -2.31. The first-order chi connectivity index (χ1) is 10.9. The van der Waals surface area contributed by atoms with Gasteiger partial charge in [0.2, 0.25) is 5.91 Å². The van der Waals surface area contributed by atoms with E-state index in [0.717, 1.165) is 39.3 Å². The molecule has 2 rings (SSSR count). The zero-order valence-electron chi connectivity index (χ0n) is 14.4. The summed E-state index contributed by atoms with van der Waals surface area (Å²) in [5.41, 5.74) is 0. The largest absolute Gasteiger partial charge is 0.379 e. The standard InChI is InChI=1S/C16H30N2O4S/c1-14(2)12-16(19)18(15-4-11-23(20,21)13-15)6-3-5-17-7-9-22-10-8-17/h14-15H,3-13H2,1-2H3/t15-/m0/s1. The average molecular weight is 346 g/mol. The van der Waals surface area contributed by atoms with Crippen LogP contribution in [0.3, 0.4) is 0 Å². The quantitative estimate of drug-likeness (QED) is 0.681. The first kappa shape index (κ1) is 18.7. The van der Waals surface area contributed by atoms with Crippen molar-refractivity contribution in [1.29, 1.82) is 0 Å². The van der Waals surface area contributed by atoms with E-state index in [2.05, 4.69) is 4.90 Å². The first-order valence-corrected chi connectivity index (χ1v) is 10.5. The molecule has 1 atom stereocenters. The van der Waals surface area contributed by atoms with Crippen molar-refractivity contribution in [3.63, 3.8) is 0 Å². The molecular weight excluding hydrogens is 316 g/mol. The summed E-state index contributed by atoms with van der Waals surface area (Å²) in [5, 5.41) is 0. The monoisotopic (exact) mass is 346 g/mol. The third-order valence-electron chi connectivity index (χ3n) is 4.53. The summed E-state index contributed by atoms with van der Waals surface area (Å²) in [4.78, 5) is 16.7. The molecule has 0 spiro atoms. The fraction of sp³-hybridized carbons (Fsp3) is 0.938. The number of nitrogens with zero attached hydrogens (tertiary/aromatic N) is 2. The summed E-state index contributed by atoms with van der Waals surface area (Å²) in [7, 11) is -2.97. The normalized spacial score (nSPS) is 24.9. The van der Waals surface area contributed by atoms with Crippen LogP contribution in [0.2, 0.25) is 0 Å². The minimum absolute atomic E-state index is 0.101.